The van der Waals surface area contributed by atoms with E-state index < -0.39 is 28.6 Å². The van der Waals surface area contributed by atoms with Crippen LogP contribution in [-0.2, 0) is 16.1 Å². The second kappa shape index (κ2) is 15.9. The van der Waals surface area contributed by atoms with Crippen LogP contribution in [0.1, 0.15) is 85.4 Å². The lowest BCUT2D eigenvalue weighted by atomic mass is 9.49. The number of nitrogens with zero attached hydrogens (tertiary/aromatic N) is 8. The second-order valence-electron chi connectivity index (χ2n) is 18.5. The van der Waals surface area contributed by atoms with Gasteiger partial charge in [-0.1, -0.05) is 27.7 Å². The molecule has 3 saturated heterocycles. The third-order valence-electron chi connectivity index (χ3n) is 13.9. The first-order valence-corrected chi connectivity index (χ1v) is 21.5. The molecule has 1 saturated carbocycles. The van der Waals surface area contributed by atoms with Crippen molar-refractivity contribution in [2.75, 3.05) is 55.6 Å². The van der Waals surface area contributed by atoms with E-state index in [0.717, 1.165) is 56.8 Å². The number of fused-ring (bicyclic) bond motifs is 2. The van der Waals surface area contributed by atoms with Crippen LogP contribution in [0.15, 0.2) is 54.7 Å². The predicted octanol–water partition coefficient (Wildman–Crippen LogP) is 4.45. The fourth-order valence-electron chi connectivity index (χ4n) is 10.8. The average molecular weight is 843 g/mol. The molecule has 62 heavy (non-hydrogen) atoms. The van der Waals surface area contributed by atoms with Crippen molar-refractivity contribution in [3.8, 4) is 11.8 Å². The van der Waals surface area contributed by atoms with Gasteiger partial charge in [0.2, 0.25) is 11.8 Å². The first-order valence-electron chi connectivity index (χ1n) is 21.5. The van der Waals surface area contributed by atoms with Crippen molar-refractivity contribution in [1.29, 1.82) is 5.26 Å². The number of hydrogen-bond donors (Lipinski definition) is 2. The van der Waals surface area contributed by atoms with Crippen LogP contribution in [0, 0.1) is 33.9 Å². The predicted molar refractivity (Wildman–Crippen MR) is 228 cm³/mol. The molecule has 0 unspecified atom stereocenters. The Kier molecular flexibility index (Phi) is 10.6. The van der Waals surface area contributed by atoms with Crippen molar-refractivity contribution in [2.45, 2.75) is 78.1 Å². The van der Waals surface area contributed by atoms with Gasteiger partial charge in [0, 0.05) is 92.8 Å². The first-order chi connectivity index (χ1) is 29.7. The molecule has 4 aliphatic heterocycles. The Hall–Kier alpha value is -6.21. The monoisotopic (exact) mass is 842 g/mol. The summed E-state index contributed by atoms with van der Waals surface area (Å²) in [4.78, 5) is 63.3. The molecule has 4 fully saturated rings. The van der Waals surface area contributed by atoms with Gasteiger partial charge in [0.05, 0.1) is 16.8 Å². The van der Waals surface area contributed by atoms with E-state index in [2.05, 4.69) is 69.4 Å². The van der Waals surface area contributed by atoms with E-state index in [0.29, 0.717) is 47.1 Å². The number of pyridine rings is 1. The Morgan fingerprint density at radius 3 is 2.40 bits per heavy atom. The molecule has 15 nitrogen and oxygen atoms in total. The maximum atomic E-state index is 15.5. The molecule has 322 valence electrons. The van der Waals surface area contributed by atoms with Gasteiger partial charge >= 0.3 is 0 Å². The highest BCUT2D eigenvalue weighted by Crippen LogP contribution is 2.56. The summed E-state index contributed by atoms with van der Waals surface area (Å²) in [5, 5.41) is 24.7. The number of halogens is 1. The SMILES string of the molecule is CC1(C)[C@H](NC(=O)c2ccc(N3CCC(CN4CCN(c5cc6c(cc5F)C(=O)N([C@H]5CCC(=O)NC5=O)C6)CC4)CC3)nn2)C(C)(C)[C@H]1Oc1ccc(C#N)c2ncccc12. The van der Waals surface area contributed by atoms with E-state index in [1.54, 1.807) is 24.4 Å². The van der Waals surface area contributed by atoms with Gasteiger partial charge in [0.25, 0.3) is 11.8 Å². The van der Waals surface area contributed by atoms with Gasteiger partial charge in [-0.2, -0.15) is 5.26 Å². The first kappa shape index (κ1) is 41.2. The lowest BCUT2D eigenvalue weighted by Gasteiger charge is -2.63. The number of piperazine rings is 1. The average Bonchev–Trinajstić information content (AvgIpc) is 3.58. The van der Waals surface area contributed by atoms with Crippen LogP contribution in [0.2, 0.25) is 0 Å². The molecule has 0 spiro atoms. The molecule has 16 heteroatoms. The fraction of sp³-hybridized carbons (Fsp3) is 0.478. The molecule has 4 aromatic rings. The molecule has 6 heterocycles. The zero-order chi connectivity index (χ0) is 43.5. The maximum Gasteiger partial charge on any atom is 0.272 e. The van der Waals surface area contributed by atoms with Crippen LogP contribution < -0.4 is 25.2 Å². The number of imide groups is 1. The van der Waals surface area contributed by atoms with Crippen molar-refractivity contribution in [2.24, 2.45) is 16.7 Å². The summed E-state index contributed by atoms with van der Waals surface area (Å²) >= 11 is 0. The second-order valence-corrected chi connectivity index (χ2v) is 18.5. The fourth-order valence-corrected chi connectivity index (χ4v) is 10.8. The highest BCUT2D eigenvalue weighted by atomic mass is 19.1. The minimum Gasteiger partial charge on any atom is -0.488 e. The van der Waals surface area contributed by atoms with Gasteiger partial charge in [-0.15, -0.1) is 10.2 Å². The number of anilines is 2. The Bertz CT molecular complexity index is 2470. The van der Waals surface area contributed by atoms with Crippen LogP contribution in [0.4, 0.5) is 15.9 Å². The highest BCUT2D eigenvalue weighted by Gasteiger charge is 2.64. The minimum atomic E-state index is -0.736. The largest absolute Gasteiger partial charge is 0.488 e. The molecule has 2 aromatic carbocycles. The van der Waals surface area contributed by atoms with Gasteiger partial charge in [0.15, 0.2) is 11.5 Å². The number of carbonyl (C=O) groups excluding carboxylic acids is 4. The van der Waals surface area contributed by atoms with Gasteiger partial charge < -0.3 is 24.8 Å². The van der Waals surface area contributed by atoms with Crippen molar-refractivity contribution in [3.63, 3.8) is 0 Å². The lowest BCUT2D eigenvalue weighted by Crippen LogP contribution is -2.74. The Balaban J connectivity index is 0.741. The van der Waals surface area contributed by atoms with Crippen LogP contribution >= 0.6 is 0 Å². The molecule has 5 aliphatic rings. The summed E-state index contributed by atoms with van der Waals surface area (Å²) < 4.78 is 22.1. The van der Waals surface area contributed by atoms with Gasteiger partial charge in [-0.25, -0.2) is 4.39 Å². The van der Waals surface area contributed by atoms with Crippen molar-refractivity contribution in [3.05, 3.63) is 82.9 Å². The van der Waals surface area contributed by atoms with Gasteiger partial charge in [-0.3, -0.25) is 34.4 Å². The molecule has 9 rings (SSSR count). The van der Waals surface area contributed by atoms with Crippen LogP contribution in [-0.4, -0.2) is 113 Å². The molecule has 1 aliphatic carbocycles. The van der Waals surface area contributed by atoms with E-state index in [4.69, 9.17) is 4.74 Å². The Labute approximate surface area is 359 Å². The van der Waals surface area contributed by atoms with Crippen molar-refractivity contribution < 1.29 is 28.3 Å². The van der Waals surface area contributed by atoms with E-state index in [1.807, 2.05) is 29.2 Å². The Morgan fingerprint density at radius 1 is 0.952 bits per heavy atom. The summed E-state index contributed by atoms with van der Waals surface area (Å²) in [5.74, 6) is -0.0313. The number of ether oxygens (including phenoxy) is 1. The third kappa shape index (κ3) is 7.35. The minimum absolute atomic E-state index is 0.169. The number of nitrogens with one attached hydrogen (secondary N) is 2. The number of carbonyl (C=O) groups is 4. The lowest BCUT2D eigenvalue weighted by molar-refractivity contribution is -0.163. The smallest absolute Gasteiger partial charge is 0.272 e. The van der Waals surface area contributed by atoms with Crippen molar-refractivity contribution >= 4 is 46.0 Å². The van der Waals surface area contributed by atoms with Gasteiger partial charge in [-0.05, 0) is 79.3 Å². The van der Waals surface area contributed by atoms with Crippen LogP contribution in [0.5, 0.6) is 5.75 Å². The molecular formula is C46H51FN10O5. The van der Waals surface area contributed by atoms with Gasteiger partial charge in [0.1, 0.15) is 29.8 Å². The maximum absolute atomic E-state index is 15.5. The quantitative estimate of drug-likeness (QED) is 0.227. The normalized spacial score (nSPS) is 23.7. The number of piperidine rings is 2. The number of amides is 4. The number of rotatable bonds is 9. The number of hydrogen-bond acceptors (Lipinski definition) is 12. The number of nitriles is 1. The summed E-state index contributed by atoms with van der Waals surface area (Å²) in [5.41, 5.74) is 1.96. The summed E-state index contributed by atoms with van der Waals surface area (Å²) in [7, 11) is 0. The van der Waals surface area contributed by atoms with Crippen molar-refractivity contribution in [1.82, 2.24) is 35.6 Å². The molecule has 4 amide bonds. The van der Waals surface area contributed by atoms with E-state index in [1.165, 1.54) is 11.0 Å². The van der Waals surface area contributed by atoms with Crippen LogP contribution in [0.25, 0.3) is 10.9 Å². The molecule has 2 aromatic heterocycles. The summed E-state index contributed by atoms with van der Waals surface area (Å²) in [6.45, 7) is 14.1. The van der Waals surface area contributed by atoms with E-state index in [9.17, 15) is 24.4 Å². The zero-order valence-corrected chi connectivity index (χ0v) is 35.5. The number of aromatic nitrogens is 3. The molecule has 0 bridgehead atoms. The molecule has 2 N–H and O–H groups in total. The standard InChI is InChI=1S/C46H51FN10O5/c1-45(2)43(46(3,4)44(45)62-36-10-7-28(24-48)39-30(36)6-5-15-49-39)51-40(59)33-8-11-37(53-52-33)56-16-13-27(14-17-56)25-54-18-20-55(21-19-54)35-22-29-26-57(42(61)31(29)23-32(35)47)34-9-12-38(58)50-41(34)60/h5-8,10-11,15,22-23,27,34,43-44H,9,12-14,16-21,25-26H2,1-4H3,(H,51,59)(H,50,58,60)/t34-,43-,44-/m0/s1. The summed E-state index contributed by atoms with van der Waals surface area (Å²) in [6.07, 6.45) is 3.85. The summed E-state index contributed by atoms with van der Waals surface area (Å²) in [6, 6.07) is 15.2. The topological polar surface area (TPSA) is 177 Å². The molecule has 0 radical (unpaired) electrons. The Morgan fingerprint density at radius 2 is 1.71 bits per heavy atom. The number of benzene rings is 2. The third-order valence-corrected chi connectivity index (χ3v) is 13.9. The molecule has 1 atom stereocenters. The van der Waals surface area contributed by atoms with E-state index >= 15 is 4.39 Å². The van der Waals surface area contributed by atoms with E-state index in [-0.39, 0.29) is 60.5 Å². The van der Waals surface area contributed by atoms with Crippen LogP contribution in [0.3, 0.4) is 0 Å². The molecular weight excluding hydrogens is 792 g/mol. The highest BCUT2D eigenvalue weighted by molar-refractivity contribution is 6.05. The zero-order valence-electron chi connectivity index (χ0n) is 35.5.